The molecular weight excluding hydrogens is 314 g/mol. The minimum atomic E-state index is -0.471. The van der Waals surface area contributed by atoms with E-state index in [-0.39, 0.29) is 0 Å². The standard InChI is InChI=1S/C20H29N3O2/c1-20(2,3)25-19(24)21-12-6-5-7-17-8-10-18(11-9-17)23-15-13-22(4)14-16-23/h8-11H,6,12-16H2,1-4H3,(H,21,24). The van der Waals surface area contributed by atoms with Crippen LogP contribution in [0.4, 0.5) is 10.5 Å². The number of hydrogen-bond acceptors (Lipinski definition) is 4. The Morgan fingerprint density at radius 3 is 2.40 bits per heavy atom. The first kappa shape index (κ1) is 19.1. The Kier molecular flexibility index (Phi) is 6.72. The molecule has 0 atom stereocenters. The largest absolute Gasteiger partial charge is 0.444 e. The first-order valence-electron chi connectivity index (χ1n) is 8.83. The minimum absolute atomic E-state index is 0.397. The van der Waals surface area contributed by atoms with Crippen molar-refractivity contribution in [3.05, 3.63) is 29.8 Å². The maximum atomic E-state index is 11.5. The van der Waals surface area contributed by atoms with E-state index in [1.54, 1.807) is 0 Å². The predicted octanol–water partition coefficient (Wildman–Crippen LogP) is 2.70. The second-order valence-corrected chi connectivity index (χ2v) is 7.32. The Morgan fingerprint density at radius 1 is 1.16 bits per heavy atom. The number of ether oxygens (including phenoxy) is 1. The van der Waals surface area contributed by atoms with Crippen molar-refractivity contribution < 1.29 is 9.53 Å². The number of likely N-dealkylation sites (N-methyl/N-ethyl adjacent to an activating group) is 1. The lowest BCUT2D eigenvalue weighted by atomic mass is 10.2. The molecule has 1 aromatic carbocycles. The van der Waals surface area contributed by atoms with Crippen LogP contribution in [0.1, 0.15) is 32.8 Å². The Hall–Kier alpha value is -2.19. The molecule has 0 spiro atoms. The van der Waals surface area contributed by atoms with Gasteiger partial charge in [0.15, 0.2) is 0 Å². The summed E-state index contributed by atoms with van der Waals surface area (Å²) in [6.45, 7) is 10.4. The van der Waals surface area contributed by atoms with Gasteiger partial charge >= 0.3 is 6.09 Å². The van der Waals surface area contributed by atoms with Gasteiger partial charge in [0.25, 0.3) is 0 Å². The van der Waals surface area contributed by atoms with Crippen LogP contribution in [-0.4, -0.2) is 56.4 Å². The Labute approximate surface area is 151 Å². The maximum absolute atomic E-state index is 11.5. The molecule has 136 valence electrons. The molecule has 5 nitrogen and oxygen atoms in total. The fraction of sp³-hybridized carbons (Fsp3) is 0.550. The van der Waals surface area contributed by atoms with E-state index in [1.165, 1.54) is 5.69 Å². The van der Waals surface area contributed by atoms with Crippen LogP contribution in [0.5, 0.6) is 0 Å². The number of alkyl carbamates (subject to hydrolysis) is 1. The summed E-state index contributed by atoms with van der Waals surface area (Å²) < 4.78 is 5.17. The first-order chi connectivity index (χ1) is 11.8. The van der Waals surface area contributed by atoms with Gasteiger partial charge in [-0.2, -0.15) is 0 Å². The van der Waals surface area contributed by atoms with Crippen molar-refractivity contribution in [3.8, 4) is 11.8 Å². The van der Waals surface area contributed by atoms with E-state index >= 15 is 0 Å². The van der Waals surface area contributed by atoms with Crippen LogP contribution in [0.2, 0.25) is 0 Å². The molecule has 1 aromatic rings. The number of carbonyl (C=O) groups excluding carboxylic acids is 1. The smallest absolute Gasteiger partial charge is 0.407 e. The molecule has 1 aliphatic heterocycles. The highest BCUT2D eigenvalue weighted by Crippen LogP contribution is 2.16. The van der Waals surface area contributed by atoms with Gasteiger partial charge in [-0.1, -0.05) is 11.8 Å². The lowest BCUT2D eigenvalue weighted by molar-refractivity contribution is 0.0529. The number of amides is 1. The van der Waals surface area contributed by atoms with Crippen LogP contribution in [0.25, 0.3) is 0 Å². The van der Waals surface area contributed by atoms with Crippen LogP contribution < -0.4 is 10.2 Å². The molecule has 5 heteroatoms. The molecule has 1 fully saturated rings. The van der Waals surface area contributed by atoms with Crippen LogP contribution in [-0.2, 0) is 4.74 Å². The summed E-state index contributed by atoms with van der Waals surface area (Å²) in [5.41, 5.74) is 1.78. The van der Waals surface area contributed by atoms with E-state index < -0.39 is 11.7 Å². The highest BCUT2D eigenvalue weighted by molar-refractivity contribution is 5.67. The average Bonchev–Trinajstić information content (AvgIpc) is 2.54. The Morgan fingerprint density at radius 2 is 1.80 bits per heavy atom. The normalized spacial score (nSPS) is 15.3. The summed E-state index contributed by atoms with van der Waals surface area (Å²) in [5.74, 6) is 6.22. The van der Waals surface area contributed by atoms with Crippen LogP contribution >= 0.6 is 0 Å². The molecule has 0 saturated carbocycles. The number of anilines is 1. The molecule has 2 rings (SSSR count). The summed E-state index contributed by atoms with van der Waals surface area (Å²) in [7, 11) is 2.16. The number of rotatable bonds is 3. The fourth-order valence-electron chi connectivity index (χ4n) is 2.53. The quantitative estimate of drug-likeness (QED) is 0.677. The van der Waals surface area contributed by atoms with E-state index in [4.69, 9.17) is 4.74 Å². The molecule has 0 aliphatic carbocycles. The minimum Gasteiger partial charge on any atom is -0.444 e. The van der Waals surface area contributed by atoms with Gasteiger partial charge in [0.05, 0.1) is 0 Å². The zero-order valence-corrected chi connectivity index (χ0v) is 15.8. The number of piperazine rings is 1. The van der Waals surface area contributed by atoms with Crippen molar-refractivity contribution >= 4 is 11.8 Å². The number of benzene rings is 1. The van der Waals surface area contributed by atoms with Crippen molar-refractivity contribution in [3.63, 3.8) is 0 Å². The number of nitrogens with zero attached hydrogens (tertiary/aromatic N) is 2. The van der Waals surface area contributed by atoms with Crippen LogP contribution in [0.3, 0.4) is 0 Å². The number of hydrogen-bond donors (Lipinski definition) is 1. The van der Waals surface area contributed by atoms with Gasteiger partial charge in [0, 0.05) is 50.4 Å². The van der Waals surface area contributed by atoms with Gasteiger partial charge in [-0.25, -0.2) is 4.79 Å². The van der Waals surface area contributed by atoms with Gasteiger partial charge in [-0.05, 0) is 52.1 Å². The number of nitrogens with one attached hydrogen (secondary N) is 1. The van der Waals surface area contributed by atoms with Crippen molar-refractivity contribution in [1.82, 2.24) is 10.2 Å². The summed E-state index contributed by atoms with van der Waals surface area (Å²) in [6.07, 6.45) is 0.199. The second kappa shape index (κ2) is 8.77. The lowest BCUT2D eigenvalue weighted by Crippen LogP contribution is -2.44. The molecule has 0 radical (unpaired) electrons. The third-order valence-corrected chi connectivity index (χ3v) is 3.89. The van der Waals surface area contributed by atoms with Gasteiger partial charge in [0.1, 0.15) is 5.60 Å². The number of carbonyl (C=O) groups is 1. The molecule has 0 aromatic heterocycles. The summed E-state index contributed by atoms with van der Waals surface area (Å²) in [5, 5.41) is 2.71. The summed E-state index contributed by atoms with van der Waals surface area (Å²) in [4.78, 5) is 16.3. The van der Waals surface area contributed by atoms with E-state index in [2.05, 4.69) is 58.3 Å². The first-order valence-corrected chi connectivity index (χ1v) is 8.83. The van der Waals surface area contributed by atoms with E-state index in [0.717, 1.165) is 31.7 Å². The van der Waals surface area contributed by atoms with Crippen molar-refractivity contribution in [1.29, 1.82) is 0 Å². The van der Waals surface area contributed by atoms with Gasteiger partial charge < -0.3 is 19.9 Å². The van der Waals surface area contributed by atoms with Crippen molar-refractivity contribution in [2.75, 3.05) is 44.7 Å². The third-order valence-electron chi connectivity index (χ3n) is 3.89. The fourth-order valence-corrected chi connectivity index (χ4v) is 2.53. The van der Waals surface area contributed by atoms with Crippen LogP contribution in [0.15, 0.2) is 24.3 Å². The molecular formula is C20H29N3O2. The van der Waals surface area contributed by atoms with E-state index in [1.807, 2.05) is 20.8 Å². The van der Waals surface area contributed by atoms with E-state index in [0.29, 0.717) is 13.0 Å². The summed E-state index contributed by atoms with van der Waals surface area (Å²) >= 11 is 0. The molecule has 1 aliphatic rings. The molecule has 1 heterocycles. The lowest BCUT2D eigenvalue weighted by Gasteiger charge is -2.34. The Balaban J connectivity index is 1.74. The summed E-state index contributed by atoms with van der Waals surface area (Å²) in [6, 6.07) is 8.38. The molecule has 1 saturated heterocycles. The van der Waals surface area contributed by atoms with Crippen LogP contribution in [0, 0.1) is 11.8 Å². The highest BCUT2D eigenvalue weighted by atomic mass is 16.6. The molecule has 25 heavy (non-hydrogen) atoms. The van der Waals surface area contributed by atoms with Gasteiger partial charge in [-0.15, -0.1) is 0 Å². The molecule has 0 bridgehead atoms. The monoisotopic (exact) mass is 343 g/mol. The van der Waals surface area contributed by atoms with Gasteiger partial charge in [-0.3, -0.25) is 0 Å². The van der Waals surface area contributed by atoms with Crippen molar-refractivity contribution in [2.45, 2.75) is 32.8 Å². The van der Waals surface area contributed by atoms with Crippen molar-refractivity contribution in [2.24, 2.45) is 0 Å². The topological polar surface area (TPSA) is 44.8 Å². The SMILES string of the molecule is CN1CCN(c2ccc(C#CCCNC(=O)OC(C)(C)C)cc2)CC1. The maximum Gasteiger partial charge on any atom is 0.407 e. The molecule has 1 N–H and O–H groups in total. The average molecular weight is 343 g/mol. The molecule has 0 unspecified atom stereocenters. The van der Waals surface area contributed by atoms with Gasteiger partial charge in [0.2, 0.25) is 0 Å². The zero-order valence-electron chi connectivity index (χ0n) is 15.8. The predicted molar refractivity (Wildman–Crippen MR) is 102 cm³/mol. The second-order valence-electron chi connectivity index (χ2n) is 7.32. The highest BCUT2D eigenvalue weighted by Gasteiger charge is 2.15. The third kappa shape index (κ3) is 7.06. The Bertz CT molecular complexity index is 615. The molecule has 1 amide bonds. The van der Waals surface area contributed by atoms with E-state index in [9.17, 15) is 4.79 Å². The zero-order chi connectivity index (χ0) is 18.3.